The van der Waals surface area contributed by atoms with E-state index in [2.05, 4.69) is 5.32 Å². The number of carboxylic acids is 1. The predicted octanol–water partition coefficient (Wildman–Crippen LogP) is 1.83. The lowest BCUT2D eigenvalue weighted by molar-refractivity contribution is -0.141. The highest BCUT2D eigenvalue weighted by Crippen LogP contribution is 2.32. The average Bonchev–Trinajstić information content (AvgIpc) is 2.78. The molecule has 18 heavy (non-hydrogen) atoms. The number of carbonyl (C=O) groups is 2. The number of benzene rings is 1. The van der Waals surface area contributed by atoms with E-state index in [1.54, 1.807) is 12.1 Å². The number of rotatable bonds is 3. The molecule has 0 heterocycles. The number of anilines is 1. The fourth-order valence-electron chi connectivity index (χ4n) is 2.27. The molecule has 1 saturated carbocycles. The second-order valence-corrected chi connectivity index (χ2v) is 4.58. The van der Waals surface area contributed by atoms with E-state index in [0.29, 0.717) is 24.9 Å². The van der Waals surface area contributed by atoms with Gasteiger partial charge in [-0.25, -0.2) is 0 Å². The number of phenols is 1. The summed E-state index contributed by atoms with van der Waals surface area (Å²) >= 11 is 0. The number of carboxylic acid groups (broad SMARTS) is 1. The van der Waals surface area contributed by atoms with Crippen LogP contribution < -0.4 is 5.32 Å². The smallest absolute Gasteiger partial charge is 0.306 e. The van der Waals surface area contributed by atoms with Gasteiger partial charge in [0.1, 0.15) is 5.75 Å². The van der Waals surface area contributed by atoms with Gasteiger partial charge in [-0.15, -0.1) is 0 Å². The van der Waals surface area contributed by atoms with E-state index >= 15 is 0 Å². The molecule has 0 aromatic heterocycles. The molecule has 1 aromatic rings. The molecule has 3 N–H and O–H groups in total. The summed E-state index contributed by atoms with van der Waals surface area (Å²) in [5.74, 6) is -1.59. The summed E-state index contributed by atoms with van der Waals surface area (Å²) < 4.78 is 0. The molecular formula is C13H15NO4. The molecule has 5 nitrogen and oxygen atoms in total. The van der Waals surface area contributed by atoms with E-state index in [0.717, 1.165) is 0 Å². The van der Waals surface area contributed by atoms with Gasteiger partial charge >= 0.3 is 5.97 Å². The highest BCUT2D eigenvalue weighted by molar-refractivity contribution is 5.93. The Labute approximate surface area is 104 Å². The molecule has 0 aliphatic heterocycles. The van der Waals surface area contributed by atoms with Gasteiger partial charge in [0, 0.05) is 17.7 Å². The predicted molar refractivity (Wildman–Crippen MR) is 65.2 cm³/mol. The average molecular weight is 249 g/mol. The van der Waals surface area contributed by atoms with Crippen LogP contribution in [0.5, 0.6) is 5.75 Å². The molecule has 1 amide bonds. The first-order valence-corrected chi connectivity index (χ1v) is 5.89. The first-order valence-electron chi connectivity index (χ1n) is 5.89. The summed E-state index contributed by atoms with van der Waals surface area (Å²) in [7, 11) is 0. The van der Waals surface area contributed by atoms with Crippen molar-refractivity contribution in [1.82, 2.24) is 0 Å². The maximum atomic E-state index is 11.9. The van der Waals surface area contributed by atoms with E-state index in [4.69, 9.17) is 5.11 Å². The van der Waals surface area contributed by atoms with Gasteiger partial charge < -0.3 is 15.5 Å². The minimum absolute atomic E-state index is 0.0858. The molecule has 1 fully saturated rings. The number of hydrogen-bond donors (Lipinski definition) is 3. The monoisotopic (exact) mass is 249 g/mol. The molecule has 1 aliphatic carbocycles. The van der Waals surface area contributed by atoms with Crippen LogP contribution in [0.15, 0.2) is 24.3 Å². The SMILES string of the molecule is O=C(O)C1CCC(C(=O)Nc2cccc(O)c2)C1. The maximum absolute atomic E-state index is 11.9. The van der Waals surface area contributed by atoms with Gasteiger partial charge in [0.05, 0.1) is 5.92 Å². The van der Waals surface area contributed by atoms with Gasteiger partial charge in [-0.3, -0.25) is 9.59 Å². The van der Waals surface area contributed by atoms with E-state index in [9.17, 15) is 14.7 Å². The zero-order valence-corrected chi connectivity index (χ0v) is 9.80. The summed E-state index contributed by atoms with van der Waals surface area (Å²) in [6.45, 7) is 0. The first kappa shape index (κ1) is 12.4. The van der Waals surface area contributed by atoms with E-state index in [-0.39, 0.29) is 17.6 Å². The molecule has 1 aliphatic rings. The summed E-state index contributed by atoms with van der Waals surface area (Å²) in [6, 6.07) is 6.30. The molecular weight excluding hydrogens is 234 g/mol. The van der Waals surface area contributed by atoms with Gasteiger partial charge in [0.15, 0.2) is 0 Å². The fourth-order valence-corrected chi connectivity index (χ4v) is 2.27. The molecule has 0 bridgehead atoms. The van der Waals surface area contributed by atoms with Crippen LogP contribution >= 0.6 is 0 Å². The fraction of sp³-hybridized carbons (Fsp3) is 0.385. The van der Waals surface area contributed by atoms with Gasteiger partial charge in [-0.05, 0) is 31.4 Å². The van der Waals surface area contributed by atoms with Gasteiger partial charge in [0.25, 0.3) is 0 Å². The lowest BCUT2D eigenvalue weighted by Gasteiger charge is -2.10. The van der Waals surface area contributed by atoms with E-state index in [1.807, 2.05) is 0 Å². The van der Waals surface area contributed by atoms with Crippen molar-refractivity contribution < 1.29 is 19.8 Å². The van der Waals surface area contributed by atoms with Crippen LogP contribution in [0.4, 0.5) is 5.69 Å². The van der Waals surface area contributed by atoms with Crippen LogP contribution in [0.1, 0.15) is 19.3 Å². The third-order valence-corrected chi connectivity index (χ3v) is 3.27. The third-order valence-electron chi connectivity index (χ3n) is 3.27. The standard InChI is InChI=1S/C13H15NO4/c15-11-3-1-2-10(7-11)14-12(16)8-4-5-9(6-8)13(17)18/h1-3,7-9,15H,4-6H2,(H,14,16)(H,17,18). The van der Waals surface area contributed by atoms with Crippen molar-refractivity contribution in [2.24, 2.45) is 11.8 Å². The summed E-state index contributed by atoms with van der Waals surface area (Å²) in [6.07, 6.45) is 1.54. The van der Waals surface area contributed by atoms with Crippen molar-refractivity contribution in [2.75, 3.05) is 5.32 Å². The molecule has 2 rings (SSSR count). The Morgan fingerprint density at radius 2 is 1.94 bits per heavy atom. The van der Waals surface area contributed by atoms with Gasteiger partial charge in [0.2, 0.25) is 5.91 Å². The summed E-state index contributed by atoms with van der Waals surface area (Å²) in [5, 5.41) is 20.8. The Kier molecular flexibility index (Phi) is 3.50. The molecule has 2 unspecified atom stereocenters. The number of aromatic hydroxyl groups is 1. The highest BCUT2D eigenvalue weighted by Gasteiger charge is 2.33. The topological polar surface area (TPSA) is 86.6 Å². The van der Waals surface area contributed by atoms with Crippen molar-refractivity contribution in [3.05, 3.63) is 24.3 Å². The zero-order valence-electron chi connectivity index (χ0n) is 9.80. The Bertz CT molecular complexity index is 472. The van der Waals surface area contributed by atoms with E-state index in [1.165, 1.54) is 12.1 Å². The lowest BCUT2D eigenvalue weighted by Crippen LogP contribution is -2.21. The molecule has 5 heteroatoms. The molecule has 1 aromatic carbocycles. The van der Waals surface area contributed by atoms with Gasteiger partial charge in [-0.1, -0.05) is 6.07 Å². The Morgan fingerprint density at radius 1 is 1.22 bits per heavy atom. The summed E-state index contributed by atoms with van der Waals surface area (Å²) in [4.78, 5) is 22.7. The van der Waals surface area contributed by atoms with Crippen LogP contribution in [0.3, 0.4) is 0 Å². The second-order valence-electron chi connectivity index (χ2n) is 4.58. The number of hydrogen-bond acceptors (Lipinski definition) is 3. The Balaban J connectivity index is 1.95. The maximum Gasteiger partial charge on any atom is 0.306 e. The molecule has 2 atom stereocenters. The van der Waals surface area contributed by atoms with Crippen molar-refractivity contribution >= 4 is 17.6 Å². The van der Waals surface area contributed by atoms with Crippen molar-refractivity contribution in [3.63, 3.8) is 0 Å². The molecule has 0 spiro atoms. The number of aliphatic carboxylic acids is 1. The van der Waals surface area contributed by atoms with Gasteiger partial charge in [-0.2, -0.15) is 0 Å². The van der Waals surface area contributed by atoms with Crippen LogP contribution in [-0.2, 0) is 9.59 Å². The zero-order chi connectivity index (χ0) is 13.1. The van der Waals surface area contributed by atoms with Crippen molar-refractivity contribution in [3.8, 4) is 5.75 Å². The minimum atomic E-state index is -0.831. The first-order chi connectivity index (χ1) is 8.56. The van der Waals surface area contributed by atoms with Crippen LogP contribution in [-0.4, -0.2) is 22.1 Å². The number of carbonyl (C=O) groups excluding carboxylic acids is 1. The number of phenolic OH excluding ortho intramolecular Hbond substituents is 1. The normalized spacial score (nSPS) is 22.7. The molecule has 96 valence electrons. The van der Waals surface area contributed by atoms with Crippen LogP contribution in [0, 0.1) is 11.8 Å². The second kappa shape index (κ2) is 5.08. The number of amides is 1. The van der Waals surface area contributed by atoms with Crippen molar-refractivity contribution in [1.29, 1.82) is 0 Å². The minimum Gasteiger partial charge on any atom is -0.508 e. The van der Waals surface area contributed by atoms with Crippen LogP contribution in [0.2, 0.25) is 0 Å². The summed E-state index contributed by atoms with van der Waals surface area (Å²) in [5.41, 5.74) is 0.527. The largest absolute Gasteiger partial charge is 0.508 e. The van der Waals surface area contributed by atoms with E-state index < -0.39 is 11.9 Å². The number of nitrogens with one attached hydrogen (secondary N) is 1. The molecule has 0 radical (unpaired) electrons. The highest BCUT2D eigenvalue weighted by atomic mass is 16.4. The lowest BCUT2D eigenvalue weighted by atomic mass is 10.0. The quantitative estimate of drug-likeness (QED) is 0.762. The van der Waals surface area contributed by atoms with Crippen LogP contribution in [0.25, 0.3) is 0 Å². The Morgan fingerprint density at radius 3 is 2.56 bits per heavy atom. The molecule has 0 saturated heterocycles. The van der Waals surface area contributed by atoms with Crippen molar-refractivity contribution in [2.45, 2.75) is 19.3 Å². The third kappa shape index (κ3) is 2.80. The Hall–Kier alpha value is -2.04.